The Labute approximate surface area is 115 Å². The van der Waals surface area contributed by atoms with Crippen LogP contribution in [-0.4, -0.2) is 26.7 Å². The lowest BCUT2D eigenvalue weighted by Crippen LogP contribution is -2.44. The second kappa shape index (κ2) is 5.66. The van der Waals surface area contributed by atoms with E-state index in [0.29, 0.717) is 0 Å². The van der Waals surface area contributed by atoms with Crippen LogP contribution in [0.2, 0.25) is 0 Å². The molecule has 19 heavy (non-hydrogen) atoms. The molecule has 100 valence electrons. The molecule has 0 unspecified atom stereocenters. The molecule has 0 spiro atoms. The molecule has 0 fully saturated rings. The zero-order valence-corrected chi connectivity index (χ0v) is 11.5. The van der Waals surface area contributed by atoms with E-state index in [1.165, 1.54) is 16.5 Å². The lowest BCUT2D eigenvalue weighted by Gasteiger charge is -2.26. The number of rotatable bonds is 4. The number of nitrogens with one attached hydrogen (secondary N) is 1. The highest BCUT2D eigenvalue weighted by Gasteiger charge is 2.13. The number of amides is 2. The summed E-state index contributed by atoms with van der Waals surface area (Å²) in [5.41, 5.74) is 10.9. The lowest BCUT2D eigenvalue weighted by atomic mass is 10.1. The van der Waals surface area contributed by atoms with Gasteiger partial charge in [-0.3, -0.25) is 5.43 Å². The van der Waals surface area contributed by atoms with Gasteiger partial charge in [-0.25, -0.2) is 9.80 Å². The zero-order chi connectivity index (χ0) is 13.8. The van der Waals surface area contributed by atoms with Crippen LogP contribution in [0.4, 0.5) is 10.5 Å². The fourth-order valence-electron chi connectivity index (χ4n) is 1.58. The number of nitrogens with two attached hydrogens (primary N) is 1. The van der Waals surface area contributed by atoms with Gasteiger partial charge in [-0.15, -0.1) is 5.10 Å². The largest absolute Gasteiger partial charge is 0.350 e. The summed E-state index contributed by atoms with van der Waals surface area (Å²) in [4.78, 5) is 11.3. The van der Waals surface area contributed by atoms with Crippen LogP contribution >= 0.6 is 11.5 Å². The maximum absolute atomic E-state index is 11.3. The number of carbonyl (C=O) groups excluding carboxylic acids is 1. The second-order valence-corrected chi connectivity index (χ2v) is 4.89. The number of aromatic nitrogens is 2. The summed E-state index contributed by atoms with van der Waals surface area (Å²) in [7, 11) is 0. The maximum atomic E-state index is 11.3. The molecule has 6 nitrogen and oxygen atoms in total. The van der Waals surface area contributed by atoms with Crippen molar-refractivity contribution in [3.05, 3.63) is 29.6 Å². The van der Waals surface area contributed by atoms with Crippen LogP contribution in [0.5, 0.6) is 0 Å². The van der Waals surface area contributed by atoms with E-state index in [2.05, 4.69) is 15.0 Å². The van der Waals surface area contributed by atoms with Crippen molar-refractivity contribution in [1.82, 2.24) is 14.6 Å². The van der Waals surface area contributed by atoms with E-state index in [1.807, 2.05) is 43.5 Å². The van der Waals surface area contributed by atoms with Crippen molar-refractivity contribution < 1.29 is 4.79 Å². The zero-order valence-electron chi connectivity index (χ0n) is 10.7. The van der Waals surface area contributed by atoms with Gasteiger partial charge in [0.05, 0.1) is 5.69 Å². The number of urea groups is 1. The number of nitrogens with zero attached hydrogens (tertiary/aromatic N) is 3. The van der Waals surface area contributed by atoms with Crippen LogP contribution in [0.3, 0.4) is 0 Å². The monoisotopic (exact) mass is 277 g/mol. The van der Waals surface area contributed by atoms with Crippen LogP contribution in [0.25, 0.3) is 11.3 Å². The SMILES string of the molecule is CC(C)N(Nc1ccc(-c2csnn2)cc1)C(N)=O. The van der Waals surface area contributed by atoms with Crippen molar-refractivity contribution in [3.63, 3.8) is 0 Å². The van der Waals surface area contributed by atoms with Crippen molar-refractivity contribution in [1.29, 1.82) is 0 Å². The Morgan fingerprint density at radius 1 is 1.37 bits per heavy atom. The molecule has 0 atom stereocenters. The fourth-order valence-corrected chi connectivity index (χ4v) is 2.05. The Kier molecular flexibility index (Phi) is 3.96. The third kappa shape index (κ3) is 3.19. The van der Waals surface area contributed by atoms with Gasteiger partial charge in [0.25, 0.3) is 0 Å². The van der Waals surface area contributed by atoms with Gasteiger partial charge in [-0.05, 0) is 37.5 Å². The van der Waals surface area contributed by atoms with Gasteiger partial charge in [0, 0.05) is 17.0 Å². The van der Waals surface area contributed by atoms with Crippen LogP contribution < -0.4 is 11.2 Å². The first kappa shape index (κ1) is 13.3. The highest BCUT2D eigenvalue weighted by Crippen LogP contribution is 2.20. The number of primary amides is 1. The number of benzene rings is 1. The summed E-state index contributed by atoms with van der Waals surface area (Å²) in [6, 6.07) is 7.03. The summed E-state index contributed by atoms with van der Waals surface area (Å²) in [5, 5.41) is 7.25. The van der Waals surface area contributed by atoms with E-state index in [4.69, 9.17) is 5.73 Å². The van der Waals surface area contributed by atoms with Crippen LogP contribution in [-0.2, 0) is 0 Å². The molecule has 2 rings (SSSR count). The van der Waals surface area contributed by atoms with Gasteiger partial charge < -0.3 is 5.73 Å². The third-order valence-corrected chi connectivity index (χ3v) is 3.05. The standard InChI is InChI=1S/C12H15N5OS/c1-8(2)17(12(13)18)15-10-5-3-9(4-6-10)11-7-19-16-14-11/h3-8,15H,1-2H3,(H2,13,18). The number of anilines is 1. The Bertz CT molecular complexity index is 538. The molecular formula is C12H15N5OS. The molecule has 0 saturated heterocycles. The molecule has 0 bridgehead atoms. The van der Waals surface area contributed by atoms with E-state index in [0.717, 1.165) is 16.9 Å². The number of hydrogen-bond donors (Lipinski definition) is 2. The summed E-state index contributed by atoms with van der Waals surface area (Å²) in [6.45, 7) is 3.76. The van der Waals surface area contributed by atoms with Gasteiger partial charge in [0.1, 0.15) is 5.69 Å². The molecule has 2 aromatic rings. The average molecular weight is 277 g/mol. The first-order valence-corrected chi connectivity index (χ1v) is 6.64. The molecule has 1 aromatic heterocycles. The molecule has 0 aliphatic heterocycles. The number of hydrogen-bond acceptors (Lipinski definition) is 5. The topological polar surface area (TPSA) is 84.1 Å². The molecule has 1 heterocycles. The van der Waals surface area contributed by atoms with Crippen molar-refractivity contribution >= 4 is 23.3 Å². The molecular weight excluding hydrogens is 262 g/mol. The quantitative estimate of drug-likeness (QED) is 0.840. The molecule has 1 aromatic carbocycles. The van der Waals surface area contributed by atoms with Gasteiger partial charge >= 0.3 is 6.03 Å². The number of hydrazine groups is 1. The molecule has 3 N–H and O–H groups in total. The van der Waals surface area contributed by atoms with Gasteiger partial charge in [-0.1, -0.05) is 16.6 Å². The predicted octanol–water partition coefficient (Wildman–Crippen LogP) is 2.32. The van der Waals surface area contributed by atoms with Gasteiger partial charge in [0.2, 0.25) is 0 Å². The van der Waals surface area contributed by atoms with Crippen LogP contribution in [0.1, 0.15) is 13.8 Å². The second-order valence-electron chi connectivity index (χ2n) is 4.28. The summed E-state index contributed by atoms with van der Waals surface area (Å²) < 4.78 is 3.82. The van der Waals surface area contributed by atoms with E-state index in [1.54, 1.807) is 0 Å². The summed E-state index contributed by atoms with van der Waals surface area (Å²) >= 11 is 1.31. The normalized spacial score (nSPS) is 10.5. The summed E-state index contributed by atoms with van der Waals surface area (Å²) in [6.07, 6.45) is 0. The minimum atomic E-state index is -0.511. The number of carbonyl (C=O) groups is 1. The van der Waals surface area contributed by atoms with Crippen molar-refractivity contribution in [2.75, 3.05) is 5.43 Å². The molecule has 0 radical (unpaired) electrons. The molecule has 0 saturated carbocycles. The Balaban J connectivity index is 2.12. The predicted molar refractivity (Wildman–Crippen MR) is 75.5 cm³/mol. The molecule has 2 amide bonds. The first-order valence-electron chi connectivity index (χ1n) is 5.80. The fraction of sp³-hybridized carbons (Fsp3) is 0.250. The van der Waals surface area contributed by atoms with Crippen LogP contribution in [0, 0.1) is 0 Å². The third-order valence-electron chi connectivity index (χ3n) is 2.54. The molecule has 0 aliphatic carbocycles. The van der Waals surface area contributed by atoms with E-state index in [9.17, 15) is 4.79 Å². The summed E-state index contributed by atoms with van der Waals surface area (Å²) in [5.74, 6) is 0. The van der Waals surface area contributed by atoms with Gasteiger partial charge in [0.15, 0.2) is 0 Å². The lowest BCUT2D eigenvalue weighted by molar-refractivity contribution is 0.206. The molecule has 7 heteroatoms. The maximum Gasteiger partial charge on any atom is 0.333 e. The first-order chi connectivity index (χ1) is 9.08. The van der Waals surface area contributed by atoms with E-state index < -0.39 is 6.03 Å². The van der Waals surface area contributed by atoms with Crippen molar-refractivity contribution in [2.45, 2.75) is 19.9 Å². The average Bonchev–Trinajstić information content (AvgIpc) is 2.89. The molecule has 0 aliphatic rings. The highest BCUT2D eigenvalue weighted by atomic mass is 32.1. The minimum Gasteiger partial charge on any atom is -0.350 e. The Morgan fingerprint density at radius 2 is 2.05 bits per heavy atom. The minimum absolute atomic E-state index is 0.0279. The Hall–Kier alpha value is -2.15. The van der Waals surface area contributed by atoms with Crippen molar-refractivity contribution in [2.24, 2.45) is 5.73 Å². The van der Waals surface area contributed by atoms with Crippen LogP contribution in [0.15, 0.2) is 29.6 Å². The van der Waals surface area contributed by atoms with Gasteiger partial charge in [-0.2, -0.15) is 0 Å². The smallest absolute Gasteiger partial charge is 0.333 e. The van der Waals surface area contributed by atoms with E-state index in [-0.39, 0.29) is 6.04 Å². The van der Waals surface area contributed by atoms with Crippen molar-refractivity contribution in [3.8, 4) is 11.3 Å². The highest BCUT2D eigenvalue weighted by molar-refractivity contribution is 7.03. The Morgan fingerprint density at radius 3 is 2.53 bits per heavy atom. The van der Waals surface area contributed by atoms with E-state index >= 15 is 0 Å².